The van der Waals surface area contributed by atoms with Crippen molar-refractivity contribution in [2.75, 3.05) is 5.75 Å². The lowest BCUT2D eigenvalue weighted by Gasteiger charge is -1.82. The van der Waals surface area contributed by atoms with Gasteiger partial charge in [-0.15, -0.1) is 0 Å². The van der Waals surface area contributed by atoms with Crippen molar-refractivity contribution >= 4 is 20.7 Å². The second-order valence-electron chi connectivity index (χ2n) is 1.90. The normalized spacial score (nSPS) is 24.7. The van der Waals surface area contributed by atoms with Crippen LogP contribution in [-0.4, -0.2) is 9.96 Å². The van der Waals surface area contributed by atoms with Gasteiger partial charge in [-0.1, -0.05) is 0 Å². The van der Waals surface area contributed by atoms with E-state index in [1.54, 1.807) is 0 Å². The van der Waals surface area contributed by atoms with Crippen LogP contribution in [0.25, 0.3) is 0 Å². The molecule has 0 aromatic heterocycles. The molecule has 0 spiro atoms. The number of rotatable bonds is 2. The summed E-state index contributed by atoms with van der Waals surface area (Å²) in [5.74, 6) is 1.40. The van der Waals surface area contributed by atoms with Crippen LogP contribution in [0.5, 0.6) is 0 Å². The van der Waals surface area contributed by atoms with Crippen LogP contribution >= 0.6 is 10.7 Å². The minimum atomic E-state index is -1.06. The van der Waals surface area contributed by atoms with E-state index in [9.17, 15) is 4.21 Å². The lowest BCUT2D eigenvalue weighted by molar-refractivity contribution is 0.688. The van der Waals surface area contributed by atoms with Crippen molar-refractivity contribution in [1.29, 1.82) is 0 Å². The summed E-state index contributed by atoms with van der Waals surface area (Å²) >= 11 is 0. The van der Waals surface area contributed by atoms with Crippen molar-refractivity contribution in [2.24, 2.45) is 5.92 Å². The molecule has 0 aromatic rings. The molecular weight excluding hydrogens is 132 g/mol. The van der Waals surface area contributed by atoms with E-state index in [2.05, 4.69) is 0 Å². The van der Waals surface area contributed by atoms with Gasteiger partial charge in [-0.25, -0.2) is 4.21 Å². The van der Waals surface area contributed by atoms with Crippen LogP contribution in [0.2, 0.25) is 0 Å². The average molecular weight is 139 g/mol. The molecule has 0 heterocycles. The summed E-state index contributed by atoms with van der Waals surface area (Å²) < 4.78 is 10.2. The number of hydrogen-bond acceptors (Lipinski definition) is 1. The Kier molecular flexibility index (Phi) is 1.70. The second kappa shape index (κ2) is 2.14. The lowest BCUT2D eigenvalue weighted by Crippen LogP contribution is -1.88. The number of halogens is 1. The van der Waals surface area contributed by atoms with Crippen molar-refractivity contribution in [3.05, 3.63) is 0 Å². The topological polar surface area (TPSA) is 17.1 Å². The molecule has 0 radical (unpaired) electrons. The first-order chi connectivity index (χ1) is 3.29. The van der Waals surface area contributed by atoms with Crippen LogP contribution in [0.1, 0.15) is 12.8 Å². The molecule has 1 aliphatic carbocycles. The zero-order valence-corrected chi connectivity index (χ0v) is 5.47. The van der Waals surface area contributed by atoms with Crippen LogP contribution < -0.4 is 0 Å². The predicted octanol–water partition coefficient (Wildman–Crippen LogP) is 1.30. The van der Waals surface area contributed by atoms with Gasteiger partial charge in [0.25, 0.3) is 0 Å². The first-order valence-corrected chi connectivity index (χ1v) is 4.48. The molecule has 42 valence electrons. The van der Waals surface area contributed by atoms with Crippen molar-refractivity contribution in [3.63, 3.8) is 0 Å². The van der Waals surface area contributed by atoms with E-state index in [4.69, 9.17) is 10.7 Å². The van der Waals surface area contributed by atoms with E-state index >= 15 is 0 Å². The molecule has 7 heavy (non-hydrogen) atoms. The minimum absolute atomic E-state index is 0.693. The Morgan fingerprint density at radius 2 is 2.29 bits per heavy atom. The van der Waals surface area contributed by atoms with E-state index in [1.807, 2.05) is 0 Å². The summed E-state index contributed by atoms with van der Waals surface area (Å²) in [6.07, 6.45) is 2.47. The van der Waals surface area contributed by atoms with Crippen LogP contribution in [0.3, 0.4) is 0 Å². The second-order valence-corrected chi connectivity index (χ2v) is 3.85. The fourth-order valence-electron chi connectivity index (χ4n) is 0.470. The molecule has 1 nitrogen and oxygen atoms in total. The zero-order valence-electron chi connectivity index (χ0n) is 3.89. The summed E-state index contributed by atoms with van der Waals surface area (Å²) in [7, 11) is 4.12. The highest BCUT2D eigenvalue weighted by molar-refractivity contribution is 8.08. The highest BCUT2D eigenvalue weighted by Gasteiger charge is 2.22. The summed E-state index contributed by atoms with van der Waals surface area (Å²) in [6, 6.07) is 0. The van der Waals surface area contributed by atoms with Gasteiger partial charge in [-0.2, -0.15) is 0 Å². The molecular formula is C4H7ClOS. The third kappa shape index (κ3) is 2.29. The Labute approximate surface area is 50.0 Å². The molecule has 0 saturated heterocycles. The molecule has 1 aliphatic rings. The van der Waals surface area contributed by atoms with E-state index in [-0.39, 0.29) is 0 Å². The average Bonchev–Trinajstić information content (AvgIpc) is 2.17. The van der Waals surface area contributed by atoms with Crippen molar-refractivity contribution in [3.8, 4) is 0 Å². The maximum absolute atomic E-state index is 10.2. The van der Waals surface area contributed by atoms with E-state index in [0.29, 0.717) is 11.7 Å². The molecule has 1 unspecified atom stereocenters. The van der Waals surface area contributed by atoms with Gasteiger partial charge in [0.2, 0.25) is 0 Å². The zero-order chi connectivity index (χ0) is 5.28. The quantitative estimate of drug-likeness (QED) is 0.526. The summed E-state index contributed by atoms with van der Waals surface area (Å²) in [5, 5.41) is 0. The number of hydrogen-bond donors (Lipinski definition) is 0. The van der Waals surface area contributed by atoms with Gasteiger partial charge >= 0.3 is 0 Å². The first kappa shape index (κ1) is 5.57. The Bertz CT molecular complexity index is 89.7. The van der Waals surface area contributed by atoms with Crippen LogP contribution in [-0.2, 0) is 10.0 Å². The molecule has 0 aromatic carbocycles. The third-order valence-electron chi connectivity index (χ3n) is 1.06. The molecule has 0 aliphatic heterocycles. The minimum Gasteiger partial charge on any atom is -0.243 e. The largest absolute Gasteiger partial charge is 0.243 e. The Morgan fingerprint density at radius 1 is 1.71 bits per heavy atom. The smallest absolute Gasteiger partial charge is 0.115 e. The van der Waals surface area contributed by atoms with Gasteiger partial charge in [0.1, 0.15) is 10.0 Å². The maximum Gasteiger partial charge on any atom is 0.115 e. The third-order valence-corrected chi connectivity index (χ3v) is 2.18. The molecule has 0 bridgehead atoms. The first-order valence-electron chi connectivity index (χ1n) is 2.33. The standard InChI is InChI=1S/C4H7ClOS/c5-7(6)3-4-1-2-4/h4H,1-3H2. The van der Waals surface area contributed by atoms with Gasteiger partial charge in [0.05, 0.1) is 0 Å². The summed E-state index contributed by atoms with van der Waals surface area (Å²) in [5.41, 5.74) is 0. The summed E-state index contributed by atoms with van der Waals surface area (Å²) in [6.45, 7) is 0. The van der Waals surface area contributed by atoms with Crippen LogP contribution in [0, 0.1) is 5.92 Å². The monoisotopic (exact) mass is 138 g/mol. The Morgan fingerprint density at radius 3 is 2.43 bits per heavy atom. The van der Waals surface area contributed by atoms with E-state index < -0.39 is 10.0 Å². The van der Waals surface area contributed by atoms with Crippen LogP contribution in [0.4, 0.5) is 0 Å². The Balaban J connectivity index is 2.08. The molecule has 1 fully saturated rings. The molecule has 3 heteroatoms. The van der Waals surface area contributed by atoms with Crippen molar-refractivity contribution in [1.82, 2.24) is 0 Å². The fraction of sp³-hybridized carbons (Fsp3) is 1.00. The highest BCUT2D eigenvalue weighted by atomic mass is 35.7. The summed E-state index contributed by atoms with van der Waals surface area (Å²) in [4.78, 5) is 0. The van der Waals surface area contributed by atoms with Crippen molar-refractivity contribution < 1.29 is 4.21 Å². The fourth-order valence-corrected chi connectivity index (χ4v) is 1.71. The van der Waals surface area contributed by atoms with Crippen LogP contribution in [0.15, 0.2) is 0 Å². The lowest BCUT2D eigenvalue weighted by atomic mass is 10.5. The molecule has 0 N–H and O–H groups in total. The van der Waals surface area contributed by atoms with Crippen molar-refractivity contribution in [2.45, 2.75) is 12.8 Å². The van der Waals surface area contributed by atoms with Gasteiger partial charge in [0.15, 0.2) is 0 Å². The van der Waals surface area contributed by atoms with Gasteiger partial charge in [0, 0.05) is 5.75 Å². The van der Waals surface area contributed by atoms with Gasteiger partial charge < -0.3 is 0 Å². The van der Waals surface area contributed by atoms with Gasteiger partial charge in [-0.05, 0) is 29.4 Å². The van der Waals surface area contributed by atoms with E-state index in [0.717, 1.165) is 0 Å². The predicted molar refractivity (Wildman–Crippen MR) is 31.6 cm³/mol. The van der Waals surface area contributed by atoms with E-state index in [1.165, 1.54) is 12.8 Å². The molecule has 1 rings (SSSR count). The maximum atomic E-state index is 10.2. The Hall–Kier alpha value is 0.440. The van der Waals surface area contributed by atoms with Gasteiger partial charge in [-0.3, -0.25) is 0 Å². The molecule has 1 saturated carbocycles. The molecule has 1 atom stereocenters. The SMILES string of the molecule is O=S(Cl)CC1CC1. The highest BCUT2D eigenvalue weighted by Crippen LogP contribution is 2.29. The molecule has 0 amide bonds.